The van der Waals surface area contributed by atoms with Crippen molar-refractivity contribution in [3.63, 3.8) is 0 Å². The number of hydrogen-bond acceptors (Lipinski definition) is 3. The van der Waals surface area contributed by atoms with Crippen LogP contribution in [0.25, 0.3) is 0 Å². The van der Waals surface area contributed by atoms with Gasteiger partial charge >= 0.3 is 0 Å². The summed E-state index contributed by atoms with van der Waals surface area (Å²) in [5, 5.41) is 0. The third-order valence-electron chi connectivity index (χ3n) is 1.74. The van der Waals surface area contributed by atoms with Crippen LogP contribution in [0.15, 0.2) is 10.7 Å². The Morgan fingerprint density at radius 3 is 2.69 bits per heavy atom. The zero-order valence-electron chi connectivity index (χ0n) is 8.21. The van der Waals surface area contributed by atoms with Gasteiger partial charge in [-0.05, 0) is 29.3 Å². The predicted molar refractivity (Wildman–Crippen MR) is 58.0 cm³/mol. The van der Waals surface area contributed by atoms with Crippen LogP contribution in [0.2, 0.25) is 0 Å². The smallest absolute Gasteiger partial charge is 0.133 e. The van der Waals surface area contributed by atoms with Crippen LogP contribution in [0.1, 0.15) is 19.2 Å². The van der Waals surface area contributed by atoms with Crippen molar-refractivity contribution in [2.24, 2.45) is 0 Å². The summed E-state index contributed by atoms with van der Waals surface area (Å²) in [7, 11) is 2.04. The molecule has 0 unspecified atom stereocenters. The van der Waals surface area contributed by atoms with Gasteiger partial charge in [-0.2, -0.15) is 0 Å². The average Bonchev–Trinajstić information content (AvgIpc) is 2.03. The molecule has 0 aliphatic carbocycles. The van der Waals surface area contributed by atoms with Crippen molar-refractivity contribution < 1.29 is 0 Å². The van der Waals surface area contributed by atoms with Gasteiger partial charge in [0.1, 0.15) is 16.2 Å². The summed E-state index contributed by atoms with van der Waals surface area (Å²) < 4.78 is 0.845. The van der Waals surface area contributed by atoms with Crippen molar-refractivity contribution >= 4 is 21.7 Å². The van der Waals surface area contributed by atoms with E-state index in [4.69, 9.17) is 0 Å². The molecule has 0 saturated carbocycles. The number of aryl methyl sites for hydroxylation is 1. The summed E-state index contributed by atoms with van der Waals surface area (Å²) in [6, 6.07) is 1.93. The van der Waals surface area contributed by atoms with Crippen molar-refractivity contribution in [2.45, 2.75) is 20.3 Å². The lowest BCUT2D eigenvalue weighted by molar-refractivity contribution is 0.827. The summed E-state index contributed by atoms with van der Waals surface area (Å²) in [5.41, 5.74) is 0. The van der Waals surface area contributed by atoms with Crippen LogP contribution in [-0.4, -0.2) is 23.6 Å². The molecule has 1 rings (SSSR count). The number of halogens is 1. The van der Waals surface area contributed by atoms with Crippen LogP contribution in [0.4, 0.5) is 5.82 Å². The molecule has 1 aromatic rings. The Morgan fingerprint density at radius 1 is 1.46 bits per heavy atom. The highest BCUT2D eigenvalue weighted by molar-refractivity contribution is 9.10. The van der Waals surface area contributed by atoms with E-state index in [1.54, 1.807) is 0 Å². The Hall–Kier alpha value is -0.640. The van der Waals surface area contributed by atoms with Crippen molar-refractivity contribution in [3.05, 3.63) is 16.5 Å². The highest BCUT2D eigenvalue weighted by Crippen LogP contribution is 2.15. The second-order valence-electron chi connectivity index (χ2n) is 3.02. The van der Waals surface area contributed by atoms with Crippen molar-refractivity contribution in [1.29, 1.82) is 0 Å². The number of nitrogens with zero attached hydrogens (tertiary/aromatic N) is 3. The number of anilines is 1. The second kappa shape index (κ2) is 4.56. The maximum absolute atomic E-state index is 4.34. The summed E-state index contributed by atoms with van der Waals surface area (Å²) in [5.74, 6) is 1.77. The van der Waals surface area contributed by atoms with Gasteiger partial charge in [0.25, 0.3) is 0 Å². The molecule has 0 spiro atoms. The molecular formula is C9H14BrN3. The summed E-state index contributed by atoms with van der Waals surface area (Å²) in [4.78, 5) is 10.6. The van der Waals surface area contributed by atoms with Crippen LogP contribution in [0.5, 0.6) is 0 Å². The molecule has 13 heavy (non-hydrogen) atoms. The average molecular weight is 244 g/mol. The number of aromatic nitrogens is 2. The maximum atomic E-state index is 4.34. The zero-order chi connectivity index (χ0) is 9.84. The minimum atomic E-state index is 0.798. The largest absolute Gasteiger partial charge is 0.360 e. The van der Waals surface area contributed by atoms with Crippen molar-refractivity contribution in [2.75, 3.05) is 18.5 Å². The number of rotatable bonds is 3. The Balaban J connectivity index is 2.87. The topological polar surface area (TPSA) is 29.0 Å². The first kappa shape index (κ1) is 10.4. The molecule has 0 fully saturated rings. The van der Waals surface area contributed by atoms with Crippen LogP contribution >= 0.6 is 15.9 Å². The van der Waals surface area contributed by atoms with E-state index in [1.165, 1.54) is 0 Å². The Labute approximate surface area is 87.3 Å². The maximum Gasteiger partial charge on any atom is 0.133 e. The molecule has 3 nitrogen and oxygen atoms in total. The van der Waals surface area contributed by atoms with E-state index >= 15 is 0 Å². The van der Waals surface area contributed by atoms with Gasteiger partial charge in [0.05, 0.1) is 0 Å². The van der Waals surface area contributed by atoms with Crippen LogP contribution in [0, 0.1) is 6.92 Å². The van der Waals surface area contributed by atoms with Gasteiger partial charge in [-0.15, -0.1) is 0 Å². The van der Waals surface area contributed by atoms with Gasteiger partial charge in [-0.25, -0.2) is 9.97 Å². The molecule has 1 heterocycles. The third-order valence-corrected chi connectivity index (χ3v) is 2.15. The minimum Gasteiger partial charge on any atom is -0.360 e. The fourth-order valence-corrected chi connectivity index (χ4v) is 1.62. The minimum absolute atomic E-state index is 0.798. The summed E-state index contributed by atoms with van der Waals surface area (Å²) >= 11 is 3.35. The molecule has 0 atom stereocenters. The van der Waals surface area contributed by atoms with Gasteiger partial charge < -0.3 is 4.90 Å². The van der Waals surface area contributed by atoms with Gasteiger partial charge in [0.2, 0.25) is 0 Å². The molecule has 1 aromatic heterocycles. The van der Waals surface area contributed by atoms with E-state index in [0.29, 0.717) is 0 Å². The van der Waals surface area contributed by atoms with Gasteiger partial charge in [-0.3, -0.25) is 0 Å². The fraction of sp³-hybridized carbons (Fsp3) is 0.556. The first-order chi connectivity index (χ1) is 6.13. The van der Waals surface area contributed by atoms with Crippen LogP contribution in [-0.2, 0) is 0 Å². The highest BCUT2D eigenvalue weighted by atomic mass is 79.9. The quantitative estimate of drug-likeness (QED) is 0.764. The van der Waals surface area contributed by atoms with Gasteiger partial charge in [0.15, 0.2) is 0 Å². The molecule has 72 valence electrons. The molecule has 0 N–H and O–H groups in total. The van der Waals surface area contributed by atoms with E-state index in [1.807, 2.05) is 20.0 Å². The standard InChI is InChI=1S/C9H14BrN3/c1-4-5-13(3)9-6-8(10)11-7(2)12-9/h6H,4-5H2,1-3H3. The molecule has 0 amide bonds. The molecular weight excluding hydrogens is 230 g/mol. The van der Waals surface area contributed by atoms with E-state index in [0.717, 1.165) is 29.2 Å². The molecule has 0 aromatic carbocycles. The Bertz CT molecular complexity index is 268. The lowest BCUT2D eigenvalue weighted by atomic mass is 10.4. The van der Waals surface area contributed by atoms with Crippen LogP contribution < -0.4 is 4.90 Å². The number of hydrogen-bond donors (Lipinski definition) is 0. The van der Waals surface area contributed by atoms with E-state index in [9.17, 15) is 0 Å². The molecule has 0 bridgehead atoms. The predicted octanol–water partition coefficient (Wildman–Crippen LogP) is 2.39. The second-order valence-corrected chi connectivity index (χ2v) is 3.83. The van der Waals surface area contributed by atoms with E-state index in [-0.39, 0.29) is 0 Å². The summed E-state index contributed by atoms with van der Waals surface area (Å²) in [6.07, 6.45) is 1.12. The van der Waals surface area contributed by atoms with Crippen LogP contribution in [0.3, 0.4) is 0 Å². The lowest BCUT2D eigenvalue weighted by Crippen LogP contribution is -2.19. The molecule has 0 aliphatic heterocycles. The summed E-state index contributed by atoms with van der Waals surface area (Å²) in [6.45, 7) is 5.07. The van der Waals surface area contributed by atoms with Crippen molar-refractivity contribution in [1.82, 2.24) is 9.97 Å². The van der Waals surface area contributed by atoms with E-state index < -0.39 is 0 Å². The van der Waals surface area contributed by atoms with E-state index in [2.05, 4.69) is 37.7 Å². The normalized spacial score (nSPS) is 10.2. The Kier molecular flexibility index (Phi) is 3.66. The van der Waals surface area contributed by atoms with Gasteiger partial charge in [0, 0.05) is 19.7 Å². The molecule has 4 heteroatoms. The first-order valence-corrected chi connectivity index (χ1v) is 5.15. The Morgan fingerprint density at radius 2 is 2.15 bits per heavy atom. The molecule has 0 radical (unpaired) electrons. The third kappa shape index (κ3) is 2.95. The monoisotopic (exact) mass is 243 g/mol. The molecule has 0 aliphatic rings. The first-order valence-electron chi connectivity index (χ1n) is 4.35. The highest BCUT2D eigenvalue weighted by Gasteiger charge is 2.03. The SMILES string of the molecule is CCCN(C)c1cc(Br)nc(C)n1. The van der Waals surface area contributed by atoms with Crippen molar-refractivity contribution in [3.8, 4) is 0 Å². The lowest BCUT2D eigenvalue weighted by Gasteiger charge is -2.17. The zero-order valence-corrected chi connectivity index (χ0v) is 9.80. The molecule has 0 saturated heterocycles. The van der Waals surface area contributed by atoms with Gasteiger partial charge in [-0.1, -0.05) is 6.92 Å². The fourth-order valence-electron chi connectivity index (χ4n) is 1.16.